The molecule has 0 unspecified atom stereocenters. The van der Waals surface area contributed by atoms with Gasteiger partial charge in [-0.2, -0.15) is 0 Å². The zero-order valence-electron chi connectivity index (χ0n) is 24.9. The first kappa shape index (κ1) is 33.7. The Hall–Kier alpha value is -2.17. The highest BCUT2D eigenvalue weighted by molar-refractivity contribution is 9.11. The number of Topliss-reactive ketones (excluding diaryl/α,β-unsaturated/α-hetero) is 1. The maximum Gasteiger partial charge on any atom is 0.241 e. The van der Waals surface area contributed by atoms with Gasteiger partial charge in [0.2, 0.25) is 16.6 Å². The molecule has 6 rings (SSSR count). The van der Waals surface area contributed by atoms with Gasteiger partial charge < -0.3 is 14.0 Å². The summed E-state index contributed by atoms with van der Waals surface area (Å²) in [5.41, 5.74) is 3.43. The molecule has 4 heterocycles. The standard InChI is InChI=1S/C12H8BrNO2S.C10H22O2Si2.C8H4BrNOS/c13-7-3-4-14-11-6(5-17-12(7)11)10-8(15)1-2-9(10)16;1-13(2,3)11-9-7-8-10(9)12-14(4,5)6;9-6-1-2-10-7-5(3-11)4-12-8(6)7/h3-5,15H,1-2H2;7-8H2,1-6H3;1-4H. The number of aldehydes is 1. The number of aliphatic hydroxyl groups excluding tert-OH is 1. The highest BCUT2D eigenvalue weighted by Gasteiger charge is 2.30. The predicted octanol–water partition coefficient (Wildman–Crippen LogP) is 10.3. The second kappa shape index (κ2) is 13.9. The molecule has 228 valence electrons. The largest absolute Gasteiger partial charge is 0.545 e. The van der Waals surface area contributed by atoms with E-state index in [-0.39, 0.29) is 11.5 Å². The van der Waals surface area contributed by atoms with Crippen molar-refractivity contribution in [3.8, 4) is 0 Å². The second-order valence-electron chi connectivity index (χ2n) is 11.9. The second-order valence-corrected chi connectivity index (χ2v) is 24.2. The highest BCUT2D eigenvalue weighted by Crippen LogP contribution is 2.38. The molecule has 13 heteroatoms. The smallest absolute Gasteiger partial charge is 0.241 e. The van der Waals surface area contributed by atoms with E-state index in [4.69, 9.17) is 8.85 Å². The monoisotopic (exact) mass is 780 g/mol. The normalized spacial score (nSPS) is 15.1. The van der Waals surface area contributed by atoms with Gasteiger partial charge in [-0.05, 0) is 83.3 Å². The van der Waals surface area contributed by atoms with E-state index in [1.54, 1.807) is 12.4 Å². The summed E-state index contributed by atoms with van der Waals surface area (Å²) < 4.78 is 15.9. The first-order chi connectivity index (χ1) is 20.2. The molecule has 0 aromatic carbocycles. The Morgan fingerprint density at radius 1 is 0.814 bits per heavy atom. The van der Waals surface area contributed by atoms with Crippen LogP contribution in [0.25, 0.3) is 26.0 Å². The van der Waals surface area contributed by atoms with E-state index in [0.29, 0.717) is 24.0 Å². The number of halogens is 2. The maximum atomic E-state index is 11.8. The number of aliphatic hydroxyl groups is 1. The van der Waals surface area contributed by atoms with Gasteiger partial charge in [0.05, 0.1) is 31.6 Å². The van der Waals surface area contributed by atoms with Crippen LogP contribution in [0, 0.1) is 0 Å². The number of ketones is 1. The van der Waals surface area contributed by atoms with Gasteiger partial charge in [-0.15, -0.1) is 22.7 Å². The van der Waals surface area contributed by atoms with Crippen LogP contribution >= 0.6 is 54.5 Å². The SMILES string of the molecule is C[Si](C)(C)OC1=C(O[Si](C)(C)C)CC1.O=C1CCC(O)=C1c1csc2c(Br)ccnc12.O=Cc1csc2c(Br)ccnc12. The van der Waals surface area contributed by atoms with Gasteiger partial charge in [0.15, 0.2) is 12.1 Å². The number of carbonyl (C=O) groups excluding carboxylic acids is 2. The van der Waals surface area contributed by atoms with Gasteiger partial charge >= 0.3 is 0 Å². The van der Waals surface area contributed by atoms with E-state index < -0.39 is 16.6 Å². The molecule has 2 aliphatic rings. The van der Waals surface area contributed by atoms with Crippen LogP contribution in [-0.2, 0) is 13.6 Å². The Bertz CT molecular complexity index is 1710. The van der Waals surface area contributed by atoms with Gasteiger partial charge in [0.1, 0.15) is 17.3 Å². The van der Waals surface area contributed by atoms with Crippen molar-refractivity contribution in [2.45, 2.75) is 65.0 Å². The number of carbonyl (C=O) groups is 2. The lowest BCUT2D eigenvalue weighted by Crippen LogP contribution is -2.32. The molecule has 43 heavy (non-hydrogen) atoms. The van der Waals surface area contributed by atoms with Crippen molar-refractivity contribution < 1.29 is 23.5 Å². The zero-order valence-corrected chi connectivity index (χ0v) is 31.7. The van der Waals surface area contributed by atoms with Crippen molar-refractivity contribution in [2.75, 3.05) is 0 Å². The molecule has 0 atom stereocenters. The number of rotatable bonds is 6. The Morgan fingerprint density at radius 2 is 1.33 bits per heavy atom. The van der Waals surface area contributed by atoms with Crippen molar-refractivity contribution in [1.82, 2.24) is 9.97 Å². The predicted molar refractivity (Wildman–Crippen MR) is 189 cm³/mol. The van der Waals surface area contributed by atoms with Crippen molar-refractivity contribution in [1.29, 1.82) is 0 Å². The Morgan fingerprint density at radius 3 is 1.79 bits per heavy atom. The first-order valence-electron chi connectivity index (χ1n) is 13.7. The van der Waals surface area contributed by atoms with E-state index in [0.717, 1.165) is 65.6 Å². The highest BCUT2D eigenvalue weighted by atomic mass is 79.9. The third-order valence-electron chi connectivity index (χ3n) is 6.14. The summed E-state index contributed by atoms with van der Waals surface area (Å²) in [5.74, 6) is 2.46. The molecular weight excluding hydrogens is 748 g/mol. The molecule has 4 aromatic heterocycles. The molecule has 0 radical (unpaired) electrons. The summed E-state index contributed by atoms with van der Waals surface area (Å²) in [6.07, 6.45) is 7.20. The lowest BCUT2D eigenvalue weighted by Gasteiger charge is -2.33. The van der Waals surface area contributed by atoms with Gasteiger partial charge in [-0.3, -0.25) is 19.6 Å². The molecule has 7 nitrogen and oxygen atoms in total. The average Bonchev–Trinajstić information content (AvgIpc) is 3.63. The summed E-state index contributed by atoms with van der Waals surface area (Å²) in [6.45, 7) is 13.3. The molecule has 0 saturated heterocycles. The Labute approximate surface area is 278 Å². The fourth-order valence-corrected chi connectivity index (χ4v) is 9.19. The number of allylic oxidation sites excluding steroid dienone is 4. The van der Waals surface area contributed by atoms with Crippen molar-refractivity contribution >= 4 is 109 Å². The van der Waals surface area contributed by atoms with Crippen LogP contribution in [0.3, 0.4) is 0 Å². The number of hydrogen-bond donors (Lipinski definition) is 1. The van der Waals surface area contributed by atoms with Gasteiger partial charge in [-0.25, -0.2) is 0 Å². The minimum Gasteiger partial charge on any atom is -0.545 e. The van der Waals surface area contributed by atoms with Crippen LogP contribution in [0.4, 0.5) is 0 Å². The molecule has 0 fully saturated rings. The van der Waals surface area contributed by atoms with Crippen molar-refractivity contribution in [2.24, 2.45) is 0 Å². The molecule has 0 aliphatic heterocycles. The third kappa shape index (κ3) is 8.51. The van der Waals surface area contributed by atoms with E-state index in [9.17, 15) is 14.7 Å². The first-order valence-corrected chi connectivity index (χ1v) is 23.9. The minimum absolute atomic E-state index is 0.00368. The van der Waals surface area contributed by atoms with Gasteiger partial charge in [0, 0.05) is 63.3 Å². The maximum absolute atomic E-state index is 11.8. The van der Waals surface area contributed by atoms with Crippen LogP contribution in [0.5, 0.6) is 0 Å². The van der Waals surface area contributed by atoms with Gasteiger partial charge in [-0.1, -0.05) is 0 Å². The molecular formula is C30H34Br2N2O5S2Si2. The Balaban J connectivity index is 0.000000150. The van der Waals surface area contributed by atoms with E-state index in [1.807, 2.05) is 22.9 Å². The molecule has 0 bridgehead atoms. The van der Waals surface area contributed by atoms with E-state index in [2.05, 4.69) is 81.1 Å². The molecule has 0 saturated carbocycles. The van der Waals surface area contributed by atoms with Crippen LogP contribution in [0.2, 0.25) is 39.3 Å². The third-order valence-corrected chi connectivity index (χ3v) is 11.7. The van der Waals surface area contributed by atoms with E-state index in [1.165, 1.54) is 22.7 Å². The number of aromatic nitrogens is 2. The molecule has 1 N–H and O–H groups in total. The summed E-state index contributed by atoms with van der Waals surface area (Å²) in [4.78, 5) is 30.7. The fraction of sp³-hybridized carbons (Fsp3) is 0.333. The number of hydrogen-bond acceptors (Lipinski definition) is 9. The molecule has 4 aromatic rings. The lowest BCUT2D eigenvalue weighted by atomic mass is 10.1. The van der Waals surface area contributed by atoms with Crippen molar-refractivity contribution in [3.63, 3.8) is 0 Å². The number of nitrogens with zero attached hydrogens (tertiary/aromatic N) is 2. The molecule has 2 aliphatic carbocycles. The summed E-state index contributed by atoms with van der Waals surface area (Å²) >= 11 is 9.90. The topological polar surface area (TPSA) is 98.6 Å². The number of fused-ring (bicyclic) bond motifs is 2. The fourth-order valence-electron chi connectivity index (χ4n) is 4.32. The summed E-state index contributed by atoms with van der Waals surface area (Å²) in [5, 5.41) is 13.5. The average molecular weight is 783 g/mol. The van der Waals surface area contributed by atoms with Crippen LogP contribution in [0.1, 0.15) is 41.6 Å². The van der Waals surface area contributed by atoms with Crippen molar-refractivity contribution in [3.05, 3.63) is 72.6 Å². The summed E-state index contributed by atoms with van der Waals surface area (Å²) in [6, 6.07) is 3.74. The number of pyridine rings is 2. The van der Waals surface area contributed by atoms with E-state index >= 15 is 0 Å². The zero-order chi connectivity index (χ0) is 31.5. The number of thiophene rings is 2. The van der Waals surface area contributed by atoms with Crippen LogP contribution < -0.4 is 0 Å². The van der Waals surface area contributed by atoms with Gasteiger partial charge in [0.25, 0.3) is 0 Å². The van der Waals surface area contributed by atoms with Crippen LogP contribution in [0.15, 0.2) is 61.5 Å². The Kier molecular flexibility index (Phi) is 10.9. The lowest BCUT2D eigenvalue weighted by molar-refractivity contribution is -0.113. The quantitative estimate of drug-likeness (QED) is 0.154. The minimum atomic E-state index is -1.43. The van der Waals surface area contributed by atoms with Crippen LogP contribution in [-0.4, -0.2) is 43.8 Å². The molecule has 0 spiro atoms. The summed E-state index contributed by atoms with van der Waals surface area (Å²) in [7, 11) is -2.86. The molecule has 0 amide bonds.